The Bertz CT molecular complexity index is 152. The molecule has 0 saturated heterocycles. The molecule has 0 aromatic carbocycles. The van der Waals surface area contributed by atoms with Gasteiger partial charge in [0.05, 0.1) is 0 Å². The number of allylic oxidation sites excluding steroid dienone is 1. The Morgan fingerprint density at radius 1 is 1.55 bits per heavy atom. The molecule has 3 heteroatoms. The maximum absolute atomic E-state index is 10.9. The van der Waals surface area contributed by atoms with Crippen LogP contribution in [0.5, 0.6) is 0 Å². The van der Waals surface area contributed by atoms with Gasteiger partial charge in [-0.2, -0.15) is 0 Å². The van der Waals surface area contributed by atoms with Gasteiger partial charge in [0.25, 0.3) is 0 Å². The molecule has 0 aromatic heterocycles. The molecule has 0 N–H and O–H groups in total. The first-order valence-electron chi connectivity index (χ1n) is 3.81. The zero-order valence-corrected chi connectivity index (χ0v) is 7.86. The van der Waals surface area contributed by atoms with Gasteiger partial charge in [0.1, 0.15) is 0 Å². The van der Waals surface area contributed by atoms with Crippen molar-refractivity contribution in [1.82, 2.24) is 0 Å². The highest BCUT2D eigenvalue weighted by Crippen LogP contribution is 2.06. The van der Waals surface area contributed by atoms with Crippen LogP contribution in [-0.4, -0.2) is 5.97 Å². The monoisotopic (exact) mass is 174 g/mol. The molecule has 0 saturated carbocycles. The van der Waals surface area contributed by atoms with Crippen LogP contribution in [0.15, 0.2) is 11.6 Å². The molecular weight excluding hydrogens is 160 g/mol. The van der Waals surface area contributed by atoms with Crippen molar-refractivity contribution in [2.45, 2.75) is 33.1 Å². The van der Waals surface area contributed by atoms with Gasteiger partial charge < -0.3 is 4.18 Å². The minimum Gasteiger partial charge on any atom is -0.391 e. The van der Waals surface area contributed by atoms with Crippen molar-refractivity contribution >= 4 is 18.9 Å². The molecule has 64 valence electrons. The van der Waals surface area contributed by atoms with Gasteiger partial charge in [-0.15, -0.1) is 0 Å². The third-order valence-corrected chi connectivity index (χ3v) is 1.57. The zero-order valence-electron chi connectivity index (χ0n) is 6.96. The fraction of sp³-hybridized carbons (Fsp3) is 0.625. The van der Waals surface area contributed by atoms with E-state index in [1.807, 2.05) is 13.0 Å². The SMILES string of the molecule is CCCC=C(CC)C(=O)OS. The Morgan fingerprint density at radius 2 is 2.18 bits per heavy atom. The molecule has 0 spiro atoms. The van der Waals surface area contributed by atoms with Gasteiger partial charge in [0.2, 0.25) is 0 Å². The number of rotatable bonds is 4. The fourth-order valence-corrected chi connectivity index (χ4v) is 0.866. The van der Waals surface area contributed by atoms with Crippen molar-refractivity contribution in [1.29, 1.82) is 0 Å². The summed E-state index contributed by atoms with van der Waals surface area (Å²) in [6, 6.07) is 0. The first kappa shape index (κ1) is 10.6. The van der Waals surface area contributed by atoms with Gasteiger partial charge in [-0.05, 0) is 12.8 Å². The third-order valence-electron chi connectivity index (χ3n) is 1.41. The number of hydrogen-bond donors (Lipinski definition) is 1. The van der Waals surface area contributed by atoms with E-state index >= 15 is 0 Å². The van der Waals surface area contributed by atoms with E-state index in [0.29, 0.717) is 12.0 Å². The molecule has 0 aromatic rings. The van der Waals surface area contributed by atoms with Crippen molar-refractivity contribution in [2.75, 3.05) is 0 Å². The Hall–Kier alpha value is -0.440. The van der Waals surface area contributed by atoms with E-state index in [2.05, 4.69) is 24.0 Å². The van der Waals surface area contributed by atoms with Gasteiger partial charge in [-0.25, -0.2) is 4.79 Å². The smallest absolute Gasteiger partial charge is 0.345 e. The molecular formula is C8H14O2S. The second kappa shape index (κ2) is 6.28. The van der Waals surface area contributed by atoms with Gasteiger partial charge >= 0.3 is 5.97 Å². The lowest BCUT2D eigenvalue weighted by molar-refractivity contribution is -0.128. The van der Waals surface area contributed by atoms with Crippen LogP contribution in [0, 0.1) is 0 Å². The lowest BCUT2D eigenvalue weighted by Gasteiger charge is -1.99. The minimum atomic E-state index is -0.329. The molecule has 0 aliphatic carbocycles. The third kappa shape index (κ3) is 4.09. The molecule has 11 heavy (non-hydrogen) atoms. The van der Waals surface area contributed by atoms with E-state index in [1.165, 1.54) is 0 Å². The Labute approximate surface area is 73.2 Å². The van der Waals surface area contributed by atoms with Gasteiger partial charge in [0, 0.05) is 18.5 Å². The summed E-state index contributed by atoms with van der Waals surface area (Å²) in [5, 5.41) is 0. The summed E-state index contributed by atoms with van der Waals surface area (Å²) < 4.78 is 4.29. The molecule has 0 heterocycles. The van der Waals surface area contributed by atoms with E-state index in [-0.39, 0.29) is 5.97 Å². The molecule has 0 radical (unpaired) electrons. The molecule has 0 fully saturated rings. The second-order valence-electron chi connectivity index (χ2n) is 2.25. The van der Waals surface area contributed by atoms with Crippen LogP contribution in [0.1, 0.15) is 33.1 Å². The quantitative estimate of drug-likeness (QED) is 0.402. The number of hydrogen-bond acceptors (Lipinski definition) is 3. The lowest BCUT2D eigenvalue weighted by atomic mass is 10.1. The van der Waals surface area contributed by atoms with E-state index in [4.69, 9.17) is 0 Å². The topological polar surface area (TPSA) is 26.3 Å². The molecule has 0 aliphatic rings. The molecule has 0 amide bonds. The number of carbonyl (C=O) groups excluding carboxylic acids is 1. The predicted octanol–water partition coefficient (Wildman–Crippen LogP) is 2.51. The maximum atomic E-state index is 10.9. The van der Waals surface area contributed by atoms with Crippen molar-refractivity contribution < 1.29 is 8.98 Å². The maximum Gasteiger partial charge on any atom is 0.345 e. The molecule has 0 bridgehead atoms. The highest BCUT2D eigenvalue weighted by atomic mass is 32.1. The minimum absolute atomic E-state index is 0.329. The van der Waals surface area contributed by atoms with Crippen LogP contribution in [0.2, 0.25) is 0 Å². The normalized spacial score (nSPS) is 11.4. The van der Waals surface area contributed by atoms with E-state index in [0.717, 1.165) is 12.8 Å². The van der Waals surface area contributed by atoms with Crippen LogP contribution >= 0.6 is 12.9 Å². The molecule has 0 aliphatic heterocycles. The highest BCUT2D eigenvalue weighted by Gasteiger charge is 2.05. The summed E-state index contributed by atoms with van der Waals surface area (Å²) in [6.07, 6.45) is 4.58. The second-order valence-corrected chi connectivity index (χ2v) is 2.43. The summed E-state index contributed by atoms with van der Waals surface area (Å²) in [4.78, 5) is 10.9. The molecule has 2 nitrogen and oxygen atoms in total. The van der Waals surface area contributed by atoms with Gasteiger partial charge in [0.15, 0.2) is 0 Å². The number of unbranched alkanes of at least 4 members (excludes halogenated alkanes) is 1. The van der Waals surface area contributed by atoms with Crippen LogP contribution < -0.4 is 0 Å². The van der Waals surface area contributed by atoms with Gasteiger partial charge in [-0.1, -0.05) is 26.3 Å². The Morgan fingerprint density at radius 3 is 2.55 bits per heavy atom. The molecule has 0 unspecified atom stereocenters. The summed E-state index contributed by atoms with van der Waals surface area (Å²) in [5.41, 5.74) is 0.710. The van der Waals surface area contributed by atoms with E-state index in [9.17, 15) is 4.79 Å². The summed E-state index contributed by atoms with van der Waals surface area (Å²) in [6.45, 7) is 3.99. The highest BCUT2D eigenvalue weighted by molar-refractivity contribution is 7.75. The number of carbonyl (C=O) groups is 1. The average molecular weight is 174 g/mol. The van der Waals surface area contributed by atoms with Crippen LogP contribution in [0.4, 0.5) is 0 Å². The zero-order chi connectivity index (χ0) is 8.69. The van der Waals surface area contributed by atoms with Crippen molar-refractivity contribution in [2.24, 2.45) is 0 Å². The Balaban J connectivity index is 4.03. The van der Waals surface area contributed by atoms with E-state index in [1.54, 1.807) is 0 Å². The standard InChI is InChI=1S/C8H14O2S/c1-3-5-6-7(4-2)8(9)10-11/h6,11H,3-5H2,1-2H3. The largest absolute Gasteiger partial charge is 0.391 e. The van der Waals surface area contributed by atoms with Crippen molar-refractivity contribution in [3.63, 3.8) is 0 Å². The fourth-order valence-electron chi connectivity index (χ4n) is 0.749. The van der Waals surface area contributed by atoms with E-state index < -0.39 is 0 Å². The summed E-state index contributed by atoms with van der Waals surface area (Å²) >= 11 is 3.44. The average Bonchev–Trinajstić information content (AvgIpc) is 2.05. The number of thiol groups is 1. The molecule has 0 atom stereocenters. The van der Waals surface area contributed by atoms with Crippen molar-refractivity contribution in [3.8, 4) is 0 Å². The van der Waals surface area contributed by atoms with Gasteiger partial charge in [-0.3, -0.25) is 0 Å². The predicted molar refractivity (Wildman–Crippen MR) is 48.4 cm³/mol. The van der Waals surface area contributed by atoms with Crippen LogP contribution in [-0.2, 0) is 8.98 Å². The van der Waals surface area contributed by atoms with Crippen LogP contribution in [0.3, 0.4) is 0 Å². The molecule has 0 rings (SSSR count). The Kier molecular flexibility index (Phi) is 6.03. The summed E-state index contributed by atoms with van der Waals surface area (Å²) in [7, 11) is 0. The van der Waals surface area contributed by atoms with Crippen molar-refractivity contribution in [3.05, 3.63) is 11.6 Å². The first-order valence-corrected chi connectivity index (χ1v) is 4.17. The summed E-state index contributed by atoms with van der Waals surface area (Å²) in [5.74, 6) is -0.329. The lowest BCUT2D eigenvalue weighted by Crippen LogP contribution is -2.00. The first-order chi connectivity index (χ1) is 5.26. The van der Waals surface area contributed by atoms with Crippen LogP contribution in [0.25, 0.3) is 0 Å².